The Bertz CT molecular complexity index is 627. The molecule has 0 saturated heterocycles. The van der Waals surface area contributed by atoms with E-state index in [0.717, 1.165) is 0 Å². The lowest BCUT2D eigenvalue weighted by atomic mass is 10.2. The first-order chi connectivity index (χ1) is 10.2. The maximum atomic E-state index is 11.4. The van der Waals surface area contributed by atoms with E-state index in [1.807, 2.05) is 0 Å². The first-order valence-corrected chi connectivity index (χ1v) is 6.91. The standard InChI is InChI=1S/C15H17ClN2O4/c1-15(2,3)22-14(21)17-7-5-4-6-10-8-11(16)12(13(19)20)18-9-10/h8-9H,5,7H2,1-3H3,(H,17,21)(H,19,20). The Labute approximate surface area is 133 Å². The first kappa shape index (κ1) is 17.8. The molecule has 0 bridgehead atoms. The van der Waals surface area contributed by atoms with E-state index < -0.39 is 17.7 Å². The number of alkyl carbamates (subject to hydrolysis) is 1. The number of hydrogen-bond acceptors (Lipinski definition) is 4. The molecule has 0 aromatic carbocycles. The van der Waals surface area contributed by atoms with Crippen molar-refractivity contribution in [2.75, 3.05) is 6.54 Å². The largest absolute Gasteiger partial charge is 0.476 e. The van der Waals surface area contributed by atoms with Gasteiger partial charge >= 0.3 is 12.1 Å². The van der Waals surface area contributed by atoms with Gasteiger partial charge in [0.1, 0.15) is 5.60 Å². The quantitative estimate of drug-likeness (QED) is 0.659. The molecule has 22 heavy (non-hydrogen) atoms. The Balaban J connectivity index is 2.47. The van der Waals surface area contributed by atoms with Crippen LogP contribution in [0.3, 0.4) is 0 Å². The number of aromatic carboxylic acids is 1. The van der Waals surface area contributed by atoms with Crippen molar-refractivity contribution >= 4 is 23.7 Å². The molecule has 0 aliphatic carbocycles. The van der Waals surface area contributed by atoms with Gasteiger partial charge in [0.05, 0.1) is 5.02 Å². The van der Waals surface area contributed by atoms with Crippen molar-refractivity contribution in [2.24, 2.45) is 0 Å². The van der Waals surface area contributed by atoms with Crippen LogP contribution in [0.5, 0.6) is 0 Å². The number of carbonyl (C=O) groups excluding carboxylic acids is 1. The number of ether oxygens (including phenoxy) is 1. The van der Waals surface area contributed by atoms with E-state index >= 15 is 0 Å². The van der Waals surface area contributed by atoms with Crippen LogP contribution in [0.15, 0.2) is 12.3 Å². The molecule has 118 valence electrons. The molecular formula is C15H17ClN2O4. The lowest BCUT2D eigenvalue weighted by Crippen LogP contribution is -2.32. The molecule has 0 spiro atoms. The topological polar surface area (TPSA) is 88.5 Å². The molecule has 0 aliphatic rings. The number of halogens is 1. The Morgan fingerprint density at radius 3 is 2.68 bits per heavy atom. The van der Waals surface area contributed by atoms with Gasteiger partial charge in [-0.15, -0.1) is 0 Å². The zero-order chi connectivity index (χ0) is 16.8. The highest BCUT2D eigenvalue weighted by Crippen LogP contribution is 2.14. The van der Waals surface area contributed by atoms with Gasteiger partial charge < -0.3 is 15.2 Å². The third kappa shape index (κ3) is 6.46. The summed E-state index contributed by atoms with van der Waals surface area (Å²) >= 11 is 5.78. The van der Waals surface area contributed by atoms with Crippen molar-refractivity contribution in [1.82, 2.24) is 10.3 Å². The highest BCUT2D eigenvalue weighted by Gasteiger charge is 2.15. The summed E-state index contributed by atoms with van der Waals surface area (Å²) in [6.45, 7) is 5.69. The van der Waals surface area contributed by atoms with Crippen molar-refractivity contribution < 1.29 is 19.4 Å². The van der Waals surface area contributed by atoms with Gasteiger partial charge in [-0.25, -0.2) is 14.6 Å². The van der Waals surface area contributed by atoms with Crippen LogP contribution >= 0.6 is 11.6 Å². The average molecular weight is 325 g/mol. The van der Waals surface area contributed by atoms with E-state index in [4.69, 9.17) is 21.4 Å². The fourth-order valence-corrected chi connectivity index (χ4v) is 1.62. The van der Waals surface area contributed by atoms with Gasteiger partial charge in [0, 0.05) is 24.7 Å². The number of nitrogens with one attached hydrogen (secondary N) is 1. The average Bonchev–Trinajstić information content (AvgIpc) is 2.35. The molecule has 0 atom stereocenters. The van der Waals surface area contributed by atoms with E-state index in [-0.39, 0.29) is 10.7 Å². The predicted octanol–water partition coefficient (Wildman–Crippen LogP) is 2.70. The van der Waals surface area contributed by atoms with Gasteiger partial charge in [-0.05, 0) is 26.8 Å². The number of amides is 1. The van der Waals surface area contributed by atoms with Gasteiger partial charge in [0.15, 0.2) is 5.69 Å². The maximum Gasteiger partial charge on any atom is 0.407 e. The molecule has 7 heteroatoms. The number of aromatic nitrogens is 1. The SMILES string of the molecule is CC(C)(C)OC(=O)NCCC#Cc1cnc(C(=O)O)c(Cl)c1. The normalized spacial score (nSPS) is 10.4. The number of carbonyl (C=O) groups is 2. The molecule has 1 rings (SSSR count). The highest BCUT2D eigenvalue weighted by atomic mass is 35.5. The second-order valence-electron chi connectivity index (χ2n) is 5.34. The zero-order valence-corrected chi connectivity index (χ0v) is 13.3. The molecule has 1 aromatic rings. The van der Waals surface area contributed by atoms with E-state index in [1.165, 1.54) is 12.3 Å². The molecule has 0 unspecified atom stereocenters. The van der Waals surface area contributed by atoms with Crippen LogP contribution in [0.1, 0.15) is 43.2 Å². The second kappa shape index (κ2) is 7.66. The Morgan fingerprint density at radius 1 is 1.45 bits per heavy atom. The van der Waals surface area contributed by atoms with Crippen molar-refractivity contribution in [2.45, 2.75) is 32.8 Å². The second-order valence-corrected chi connectivity index (χ2v) is 5.75. The minimum absolute atomic E-state index is 0.0335. The monoisotopic (exact) mass is 324 g/mol. The number of pyridine rings is 1. The molecule has 6 nitrogen and oxygen atoms in total. The molecule has 1 amide bonds. The minimum atomic E-state index is -1.19. The fraction of sp³-hybridized carbons (Fsp3) is 0.400. The summed E-state index contributed by atoms with van der Waals surface area (Å²) in [5.74, 6) is 4.43. The van der Waals surface area contributed by atoms with E-state index in [9.17, 15) is 9.59 Å². The summed E-state index contributed by atoms with van der Waals surface area (Å²) < 4.78 is 5.07. The number of rotatable bonds is 3. The first-order valence-electron chi connectivity index (χ1n) is 6.53. The molecule has 0 saturated carbocycles. The van der Waals surface area contributed by atoms with Gasteiger partial charge in [-0.2, -0.15) is 0 Å². The molecule has 2 N–H and O–H groups in total. The number of carboxylic acid groups (broad SMARTS) is 1. The summed E-state index contributed by atoms with van der Waals surface area (Å²) in [5.41, 5.74) is -0.240. The third-order valence-electron chi connectivity index (χ3n) is 2.19. The molecule has 1 aromatic heterocycles. The predicted molar refractivity (Wildman–Crippen MR) is 81.9 cm³/mol. The summed E-state index contributed by atoms with van der Waals surface area (Å²) in [6.07, 6.45) is 1.26. The summed E-state index contributed by atoms with van der Waals surface area (Å²) in [4.78, 5) is 25.9. The van der Waals surface area contributed by atoms with Crippen LogP contribution in [0.2, 0.25) is 5.02 Å². The summed E-state index contributed by atoms with van der Waals surface area (Å²) in [5, 5.41) is 11.4. The zero-order valence-electron chi connectivity index (χ0n) is 12.6. The molecular weight excluding hydrogens is 308 g/mol. The van der Waals surface area contributed by atoms with Crippen LogP contribution in [-0.4, -0.2) is 34.3 Å². The Hall–Kier alpha value is -2.26. The van der Waals surface area contributed by atoms with Crippen molar-refractivity contribution in [3.63, 3.8) is 0 Å². The number of carboxylic acids is 1. The lowest BCUT2D eigenvalue weighted by Gasteiger charge is -2.19. The van der Waals surface area contributed by atoms with Crippen LogP contribution in [0.4, 0.5) is 4.79 Å². The highest BCUT2D eigenvalue weighted by molar-refractivity contribution is 6.33. The minimum Gasteiger partial charge on any atom is -0.476 e. The van der Waals surface area contributed by atoms with Crippen molar-refractivity contribution in [1.29, 1.82) is 0 Å². The van der Waals surface area contributed by atoms with E-state index in [0.29, 0.717) is 18.5 Å². The molecule has 0 radical (unpaired) electrons. The van der Waals surface area contributed by atoms with E-state index in [2.05, 4.69) is 22.1 Å². The molecule has 1 heterocycles. The lowest BCUT2D eigenvalue weighted by molar-refractivity contribution is 0.0528. The smallest absolute Gasteiger partial charge is 0.407 e. The van der Waals surface area contributed by atoms with Gasteiger partial charge in [-0.3, -0.25) is 0 Å². The Morgan fingerprint density at radius 2 is 2.14 bits per heavy atom. The maximum absolute atomic E-state index is 11.4. The van der Waals surface area contributed by atoms with Crippen LogP contribution < -0.4 is 5.32 Å². The van der Waals surface area contributed by atoms with Crippen LogP contribution in [0, 0.1) is 11.8 Å². The van der Waals surface area contributed by atoms with E-state index in [1.54, 1.807) is 20.8 Å². The summed E-state index contributed by atoms with van der Waals surface area (Å²) in [7, 11) is 0. The van der Waals surface area contributed by atoms with Crippen LogP contribution in [0.25, 0.3) is 0 Å². The Kier molecular flexibility index (Phi) is 6.20. The van der Waals surface area contributed by atoms with Crippen molar-refractivity contribution in [3.8, 4) is 11.8 Å². The van der Waals surface area contributed by atoms with Gasteiger partial charge in [0.2, 0.25) is 0 Å². The van der Waals surface area contributed by atoms with Gasteiger partial charge in [0.25, 0.3) is 0 Å². The van der Waals surface area contributed by atoms with Crippen molar-refractivity contribution in [3.05, 3.63) is 28.5 Å². The summed E-state index contributed by atoms with van der Waals surface area (Å²) in [6, 6.07) is 1.44. The fourth-order valence-electron chi connectivity index (χ4n) is 1.37. The van der Waals surface area contributed by atoms with Gasteiger partial charge in [-0.1, -0.05) is 23.4 Å². The molecule has 0 aliphatic heterocycles. The van der Waals surface area contributed by atoms with Crippen LogP contribution in [-0.2, 0) is 4.74 Å². The number of nitrogens with zero attached hydrogens (tertiary/aromatic N) is 1. The number of hydrogen-bond donors (Lipinski definition) is 2. The molecule has 0 fully saturated rings. The third-order valence-corrected chi connectivity index (χ3v) is 2.48.